The van der Waals surface area contributed by atoms with Gasteiger partial charge in [0, 0.05) is 18.7 Å². The minimum Gasteiger partial charge on any atom is -0.316 e. The SMILES string of the molecule is Cc1cc([N+](=O)[O-])ccc1S(=O)(=O)NCC1CCCNC1.Cl. The fourth-order valence-electron chi connectivity index (χ4n) is 2.45. The molecule has 1 fully saturated rings. The van der Waals surface area contributed by atoms with Crippen LogP contribution in [0.5, 0.6) is 0 Å². The Bertz CT molecular complexity index is 630. The zero-order valence-corrected chi connectivity index (χ0v) is 13.9. The fourth-order valence-corrected chi connectivity index (χ4v) is 3.79. The molecule has 0 radical (unpaired) electrons. The molecule has 0 spiro atoms. The number of nitrogens with one attached hydrogen (secondary N) is 2. The maximum absolute atomic E-state index is 12.3. The zero-order valence-electron chi connectivity index (χ0n) is 12.2. The Labute approximate surface area is 136 Å². The van der Waals surface area contributed by atoms with Crippen molar-refractivity contribution in [2.45, 2.75) is 24.7 Å². The number of rotatable bonds is 5. The summed E-state index contributed by atoms with van der Waals surface area (Å²) in [5, 5.41) is 13.9. The molecule has 1 aromatic carbocycles. The summed E-state index contributed by atoms with van der Waals surface area (Å²) in [5.74, 6) is 0.284. The van der Waals surface area contributed by atoms with Gasteiger partial charge in [-0.2, -0.15) is 0 Å². The van der Waals surface area contributed by atoms with Crippen molar-refractivity contribution in [3.63, 3.8) is 0 Å². The van der Waals surface area contributed by atoms with Crippen molar-refractivity contribution in [2.75, 3.05) is 19.6 Å². The van der Waals surface area contributed by atoms with Gasteiger partial charge in [-0.3, -0.25) is 10.1 Å². The Kier molecular flexibility index (Phi) is 6.73. The quantitative estimate of drug-likeness (QED) is 0.621. The van der Waals surface area contributed by atoms with Gasteiger partial charge in [0.1, 0.15) is 0 Å². The van der Waals surface area contributed by atoms with E-state index in [9.17, 15) is 18.5 Å². The first kappa shape index (κ1) is 18.8. The van der Waals surface area contributed by atoms with Crippen molar-refractivity contribution in [1.29, 1.82) is 0 Å². The van der Waals surface area contributed by atoms with Crippen LogP contribution in [0.25, 0.3) is 0 Å². The molecule has 0 aromatic heterocycles. The van der Waals surface area contributed by atoms with Crippen LogP contribution in [0.15, 0.2) is 23.1 Å². The van der Waals surface area contributed by atoms with E-state index in [1.807, 2.05) is 0 Å². The van der Waals surface area contributed by atoms with E-state index in [1.165, 1.54) is 18.2 Å². The van der Waals surface area contributed by atoms with Crippen molar-refractivity contribution in [3.8, 4) is 0 Å². The van der Waals surface area contributed by atoms with Gasteiger partial charge >= 0.3 is 0 Å². The number of aryl methyl sites for hydroxylation is 1. The second-order valence-corrected chi connectivity index (χ2v) is 7.01. The number of halogens is 1. The smallest absolute Gasteiger partial charge is 0.269 e. The van der Waals surface area contributed by atoms with Gasteiger partial charge in [-0.15, -0.1) is 12.4 Å². The normalized spacial score (nSPS) is 18.5. The molecule has 124 valence electrons. The third kappa shape index (κ3) is 4.64. The van der Waals surface area contributed by atoms with Crippen molar-refractivity contribution < 1.29 is 13.3 Å². The van der Waals surface area contributed by atoms with Crippen molar-refractivity contribution >= 4 is 28.1 Å². The number of nitrogens with zero attached hydrogens (tertiary/aromatic N) is 1. The predicted molar refractivity (Wildman–Crippen MR) is 85.9 cm³/mol. The third-order valence-electron chi connectivity index (χ3n) is 3.62. The van der Waals surface area contributed by atoms with Gasteiger partial charge in [-0.25, -0.2) is 13.1 Å². The molecule has 0 amide bonds. The lowest BCUT2D eigenvalue weighted by Crippen LogP contribution is -2.38. The zero-order chi connectivity index (χ0) is 15.5. The molecular formula is C13H20ClN3O4S. The van der Waals surface area contributed by atoms with Crippen molar-refractivity contribution in [1.82, 2.24) is 10.0 Å². The lowest BCUT2D eigenvalue weighted by molar-refractivity contribution is -0.385. The van der Waals surface area contributed by atoms with Crippen LogP contribution in [0.3, 0.4) is 0 Å². The Morgan fingerprint density at radius 3 is 2.73 bits per heavy atom. The summed E-state index contributed by atoms with van der Waals surface area (Å²) < 4.78 is 27.1. The Balaban J connectivity index is 0.00000242. The average Bonchev–Trinajstić information content (AvgIpc) is 2.46. The summed E-state index contributed by atoms with van der Waals surface area (Å²) >= 11 is 0. The monoisotopic (exact) mass is 349 g/mol. The van der Waals surface area contributed by atoms with Crippen LogP contribution in [0.2, 0.25) is 0 Å². The van der Waals surface area contributed by atoms with E-state index in [2.05, 4.69) is 10.0 Å². The van der Waals surface area contributed by atoms with Crippen LogP contribution in [0.4, 0.5) is 5.69 Å². The van der Waals surface area contributed by atoms with Gasteiger partial charge in [0.2, 0.25) is 10.0 Å². The van der Waals surface area contributed by atoms with Gasteiger partial charge in [-0.1, -0.05) is 0 Å². The summed E-state index contributed by atoms with van der Waals surface area (Å²) in [6.07, 6.45) is 2.04. The highest BCUT2D eigenvalue weighted by atomic mass is 35.5. The molecule has 0 aliphatic carbocycles. The van der Waals surface area contributed by atoms with Gasteiger partial charge in [0.25, 0.3) is 5.69 Å². The molecule has 9 heteroatoms. The highest BCUT2D eigenvalue weighted by Gasteiger charge is 2.21. The van der Waals surface area contributed by atoms with Gasteiger partial charge in [-0.05, 0) is 50.4 Å². The molecule has 7 nitrogen and oxygen atoms in total. The second kappa shape index (κ2) is 7.87. The summed E-state index contributed by atoms with van der Waals surface area (Å²) in [5.41, 5.74) is 0.265. The summed E-state index contributed by atoms with van der Waals surface area (Å²) in [4.78, 5) is 10.2. The first-order valence-corrected chi connectivity index (χ1v) is 8.34. The van der Waals surface area contributed by atoms with Crippen molar-refractivity contribution in [2.24, 2.45) is 5.92 Å². The van der Waals surface area contributed by atoms with E-state index in [-0.39, 0.29) is 28.9 Å². The maximum Gasteiger partial charge on any atom is 0.269 e. The number of non-ortho nitro benzene ring substituents is 1. The molecule has 1 saturated heterocycles. The lowest BCUT2D eigenvalue weighted by Gasteiger charge is -2.23. The number of hydrogen-bond donors (Lipinski definition) is 2. The number of hydrogen-bond acceptors (Lipinski definition) is 5. The topological polar surface area (TPSA) is 101 Å². The Hall–Kier alpha value is -1.22. The molecule has 1 atom stereocenters. The van der Waals surface area contributed by atoms with Crippen LogP contribution in [0.1, 0.15) is 18.4 Å². The highest BCUT2D eigenvalue weighted by molar-refractivity contribution is 7.89. The molecule has 22 heavy (non-hydrogen) atoms. The first-order chi connectivity index (χ1) is 9.90. The molecule has 2 rings (SSSR count). The van der Waals surface area contributed by atoms with Crippen LogP contribution in [0, 0.1) is 23.0 Å². The van der Waals surface area contributed by atoms with E-state index in [1.54, 1.807) is 6.92 Å². The number of piperidine rings is 1. The Morgan fingerprint density at radius 2 is 2.18 bits per heavy atom. The van der Waals surface area contributed by atoms with E-state index >= 15 is 0 Å². The highest BCUT2D eigenvalue weighted by Crippen LogP contribution is 2.21. The molecule has 1 aromatic rings. The predicted octanol–water partition coefficient (Wildman–Crippen LogP) is 1.60. The number of benzene rings is 1. The van der Waals surface area contributed by atoms with Crippen LogP contribution in [-0.2, 0) is 10.0 Å². The van der Waals surface area contributed by atoms with E-state index in [0.29, 0.717) is 12.1 Å². The Morgan fingerprint density at radius 1 is 1.45 bits per heavy atom. The standard InChI is InChI=1S/C13H19N3O4S.ClH/c1-10-7-12(16(17)18)4-5-13(10)21(19,20)15-9-11-3-2-6-14-8-11;/h4-5,7,11,14-15H,2-3,6,8-9H2,1H3;1H. The minimum atomic E-state index is -3.63. The van der Waals surface area contributed by atoms with Crippen LogP contribution >= 0.6 is 12.4 Å². The molecule has 1 heterocycles. The van der Waals surface area contributed by atoms with Crippen molar-refractivity contribution in [3.05, 3.63) is 33.9 Å². The maximum atomic E-state index is 12.3. The fraction of sp³-hybridized carbons (Fsp3) is 0.538. The number of nitro groups is 1. The molecule has 1 aliphatic rings. The second-order valence-electron chi connectivity index (χ2n) is 5.27. The largest absolute Gasteiger partial charge is 0.316 e. The number of sulfonamides is 1. The molecular weight excluding hydrogens is 330 g/mol. The molecule has 2 N–H and O–H groups in total. The molecule has 1 unspecified atom stereocenters. The van der Waals surface area contributed by atoms with E-state index in [4.69, 9.17) is 0 Å². The first-order valence-electron chi connectivity index (χ1n) is 6.85. The number of nitro benzene ring substituents is 1. The van der Waals surface area contributed by atoms with Gasteiger partial charge < -0.3 is 5.32 Å². The average molecular weight is 350 g/mol. The lowest BCUT2D eigenvalue weighted by atomic mass is 10.0. The van der Waals surface area contributed by atoms with Crippen LogP contribution in [-0.4, -0.2) is 33.0 Å². The van der Waals surface area contributed by atoms with E-state index < -0.39 is 14.9 Å². The summed E-state index contributed by atoms with van der Waals surface area (Å²) in [7, 11) is -3.63. The minimum absolute atomic E-state index is 0. The molecule has 1 aliphatic heterocycles. The molecule has 0 bridgehead atoms. The summed E-state index contributed by atoms with van der Waals surface area (Å²) in [6.45, 7) is 3.72. The summed E-state index contributed by atoms with van der Waals surface area (Å²) in [6, 6.07) is 3.77. The molecule has 0 saturated carbocycles. The third-order valence-corrected chi connectivity index (χ3v) is 5.20. The van der Waals surface area contributed by atoms with Gasteiger partial charge in [0.15, 0.2) is 0 Å². The van der Waals surface area contributed by atoms with Crippen LogP contribution < -0.4 is 10.0 Å². The van der Waals surface area contributed by atoms with E-state index in [0.717, 1.165) is 25.9 Å². The van der Waals surface area contributed by atoms with Gasteiger partial charge in [0.05, 0.1) is 9.82 Å².